The summed E-state index contributed by atoms with van der Waals surface area (Å²) in [6.45, 7) is 0.704. The Kier molecular flexibility index (Phi) is 4.01. The summed E-state index contributed by atoms with van der Waals surface area (Å²) in [5.41, 5.74) is 3.14. The van der Waals surface area contributed by atoms with Crippen LogP contribution in [0.1, 0.15) is 11.4 Å². The van der Waals surface area contributed by atoms with Crippen LogP contribution in [0.3, 0.4) is 0 Å². The second-order valence-electron chi connectivity index (χ2n) is 4.51. The van der Waals surface area contributed by atoms with Gasteiger partial charge in [-0.2, -0.15) is 0 Å². The molecule has 0 aliphatic carbocycles. The average Bonchev–Trinajstić information content (AvgIpc) is 2.76. The predicted molar refractivity (Wildman–Crippen MR) is 87.5 cm³/mol. The van der Waals surface area contributed by atoms with Crippen LogP contribution in [0.5, 0.6) is 0 Å². The molecule has 0 aliphatic rings. The summed E-state index contributed by atoms with van der Waals surface area (Å²) >= 11 is 15.6. The van der Waals surface area contributed by atoms with Gasteiger partial charge in [-0.1, -0.05) is 39.7 Å². The highest BCUT2D eigenvalue weighted by Gasteiger charge is 2.11. The van der Waals surface area contributed by atoms with Crippen molar-refractivity contribution in [1.82, 2.24) is 9.55 Å². The summed E-state index contributed by atoms with van der Waals surface area (Å²) in [6.07, 6.45) is 0. The van der Waals surface area contributed by atoms with Crippen molar-refractivity contribution in [3.63, 3.8) is 0 Å². The maximum atomic E-state index is 6.04. The number of hydrogen-bond acceptors (Lipinski definition) is 1. The van der Waals surface area contributed by atoms with Crippen molar-refractivity contribution in [1.29, 1.82) is 0 Å². The Morgan fingerprint density at radius 3 is 2.75 bits per heavy atom. The van der Waals surface area contributed by atoms with Gasteiger partial charge in [0.1, 0.15) is 5.82 Å². The fourth-order valence-corrected chi connectivity index (χ4v) is 3.01. The highest BCUT2D eigenvalue weighted by atomic mass is 79.9. The summed E-state index contributed by atoms with van der Waals surface area (Å²) in [4.78, 5) is 4.57. The maximum absolute atomic E-state index is 6.04. The van der Waals surface area contributed by atoms with Crippen LogP contribution in [0, 0.1) is 0 Å². The number of imidazole rings is 1. The number of halogens is 3. The molecular formula is C15H11BrCl2N2. The van der Waals surface area contributed by atoms with Crippen LogP contribution in [-0.4, -0.2) is 9.55 Å². The Balaban J connectivity index is 2.11. The number of aromatic nitrogens is 2. The van der Waals surface area contributed by atoms with Crippen LogP contribution in [-0.2, 0) is 12.4 Å². The molecule has 3 aromatic rings. The van der Waals surface area contributed by atoms with Gasteiger partial charge in [-0.3, -0.25) is 0 Å². The second kappa shape index (κ2) is 5.76. The molecule has 0 bridgehead atoms. The lowest BCUT2D eigenvalue weighted by Gasteiger charge is -2.08. The van der Waals surface area contributed by atoms with Crippen molar-refractivity contribution in [2.45, 2.75) is 12.4 Å². The predicted octanol–water partition coefficient (Wildman–Crippen LogP) is 5.24. The molecule has 1 heterocycles. The molecule has 0 spiro atoms. The summed E-state index contributed by atoms with van der Waals surface area (Å²) in [7, 11) is 0. The van der Waals surface area contributed by atoms with E-state index in [0.29, 0.717) is 12.4 Å². The Morgan fingerprint density at radius 2 is 2.00 bits per heavy atom. The van der Waals surface area contributed by atoms with E-state index in [0.717, 1.165) is 31.9 Å². The van der Waals surface area contributed by atoms with Gasteiger partial charge in [0, 0.05) is 16.0 Å². The largest absolute Gasteiger partial charge is 0.322 e. The normalized spacial score (nSPS) is 11.2. The van der Waals surface area contributed by atoms with Gasteiger partial charge in [-0.05, 0) is 35.9 Å². The zero-order valence-corrected chi connectivity index (χ0v) is 13.6. The SMILES string of the molecule is ClCc1nc2ccc(Br)cc2n1Cc1cccc(Cl)c1. The summed E-state index contributed by atoms with van der Waals surface area (Å²) in [6, 6.07) is 13.9. The fraction of sp³-hybridized carbons (Fsp3) is 0.133. The molecule has 3 rings (SSSR count). The van der Waals surface area contributed by atoms with E-state index in [9.17, 15) is 0 Å². The lowest BCUT2D eigenvalue weighted by atomic mass is 10.2. The number of fused-ring (bicyclic) bond motifs is 1. The topological polar surface area (TPSA) is 17.8 Å². The third-order valence-corrected chi connectivity index (χ3v) is 4.11. The molecule has 0 saturated carbocycles. The molecule has 102 valence electrons. The van der Waals surface area contributed by atoms with E-state index in [1.165, 1.54) is 0 Å². The van der Waals surface area contributed by atoms with Crippen LogP contribution < -0.4 is 0 Å². The fourth-order valence-electron chi connectivity index (χ4n) is 2.24. The standard InChI is InChI=1S/C15H11BrCl2N2/c16-11-4-5-13-14(7-11)20(15(8-17)19-13)9-10-2-1-3-12(18)6-10/h1-7H,8-9H2. The maximum Gasteiger partial charge on any atom is 0.125 e. The van der Waals surface area contributed by atoms with Crippen LogP contribution in [0.2, 0.25) is 5.02 Å². The Labute approximate surface area is 135 Å². The van der Waals surface area contributed by atoms with Gasteiger partial charge in [0.2, 0.25) is 0 Å². The molecule has 5 heteroatoms. The molecule has 0 unspecified atom stereocenters. The molecule has 2 aromatic carbocycles. The summed E-state index contributed by atoms with van der Waals surface area (Å²) in [5.74, 6) is 1.24. The van der Waals surface area contributed by atoms with Gasteiger partial charge >= 0.3 is 0 Å². The molecule has 0 atom stereocenters. The Hall–Kier alpha value is -1.03. The minimum Gasteiger partial charge on any atom is -0.322 e. The molecule has 0 amide bonds. The molecule has 0 radical (unpaired) electrons. The summed E-state index contributed by atoms with van der Waals surface area (Å²) < 4.78 is 3.15. The molecule has 1 aromatic heterocycles. The monoisotopic (exact) mass is 368 g/mol. The van der Waals surface area contributed by atoms with E-state index in [2.05, 4.69) is 31.5 Å². The number of benzene rings is 2. The quantitative estimate of drug-likeness (QED) is 0.577. The molecule has 0 saturated heterocycles. The highest BCUT2D eigenvalue weighted by Crippen LogP contribution is 2.23. The van der Waals surface area contributed by atoms with Gasteiger partial charge in [0.05, 0.1) is 16.9 Å². The molecule has 0 N–H and O–H groups in total. The van der Waals surface area contributed by atoms with Gasteiger partial charge in [-0.25, -0.2) is 4.98 Å². The lowest BCUT2D eigenvalue weighted by molar-refractivity contribution is 0.778. The average molecular weight is 370 g/mol. The molecule has 20 heavy (non-hydrogen) atoms. The third-order valence-electron chi connectivity index (χ3n) is 3.14. The van der Waals surface area contributed by atoms with Crippen molar-refractivity contribution in [3.05, 3.63) is 63.3 Å². The van der Waals surface area contributed by atoms with E-state index < -0.39 is 0 Å². The van der Waals surface area contributed by atoms with Crippen LogP contribution >= 0.6 is 39.1 Å². The number of rotatable bonds is 3. The first-order chi connectivity index (χ1) is 9.67. The van der Waals surface area contributed by atoms with Crippen LogP contribution in [0.15, 0.2) is 46.9 Å². The first kappa shape index (κ1) is 13.9. The van der Waals surface area contributed by atoms with E-state index in [1.54, 1.807) is 0 Å². The minimum absolute atomic E-state index is 0.382. The second-order valence-corrected chi connectivity index (χ2v) is 6.13. The zero-order chi connectivity index (χ0) is 14.1. The number of hydrogen-bond donors (Lipinski definition) is 0. The van der Waals surface area contributed by atoms with Crippen molar-refractivity contribution in [3.8, 4) is 0 Å². The lowest BCUT2D eigenvalue weighted by Crippen LogP contribution is -2.03. The van der Waals surface area contributed by atoms with E-state index in [1.807, 2.05) is 36.4 Å². The number of alkyl halides is 1. The highest BCUT2D eigenvalue weighted by molar-refractivity contribution is 9.10. The molecule has 2 nitrogen and oxygen atoms in total. The van der Waals surface area contributed by atoms with Crippen LogP contribution in [0.25, 0.3) is 11.0 Å². The molecule has 0 fully saturated rings. The van der Waals surface area contributed by atoms with Crippen LogP contribution in [0.4, 0.5) is 0 Å². The molecular weight excluding hydrogens is 359 g/mol. The van der Waals surface area contributed by atoms with Gasteiger partial charge in [-0.15, -0.1) is 11.6 Å². The Bertz CT molecular complexity index is 768. The van der Waals surface area contributed by atoms with Gasteiger partial charge in [0.15, 0.2) is 0 Å². The van der Waals surface area contributed by atoms with E-state index in [-0.39, 0.29) is 0 Å². The van der Waals surface area contributed by atoms with Crippen molar-refractivity contribution >= 4 is 50.2 Å². The van der Waals surface area contributed by atoms with Crippen molar-refractivity contribution in [2.75, 3.05) is 0 Å². The first-order valence-electron chi connectivity index (χ1n) is 6.12. The smallest absolute Gasteiger partial charge is 0.125 e. The summed E-state index contributed by atoms with van der Waals surface area (Å²) in [5, 5.41) is 0.737. The van der Waals surface area contributed by atoms with Gasteiger partial charge < -0.3 is 4.57 Å². The van der Waals surface area contributed by atoms with E-state index in [4.69, 9.17) is 23.2 Å². The Morgan fingerprint density at radius 1 is 1.15 bits per heavy atom. The van der Waals surface area contributed by atoms with Crippen molar-refractivity contribution in [2.24, 2.45) is 0 Å². The van der Waals surface area contributed by atoms with Crippen molar-refractivity contribution < 1.29 is 0 Å². The zero-order valence-electron chi connectivity index (χ0n) is 10.5. The molecule has 0 aliphatic heterocycles. The first-order valence-corrected chi connectivity index (χ1v) is 7.83. The third kappa shape index (κ3) is 2.71. The minimum atomic E-state index is 0.382. The van der Waals surface area contributed by atoms with E-state index >= 15 is 0 Å². The van der Waals surface area contributed by atoms with Gasteiger partial charge in [0.25, 0.3) is 0 Å². The number of nitrogens with zero attached hydrogens (tertiary/aromatic N) is 2.